The number of carbonyl (C=O) groups excluding carboxylic acids is 2. The smallest absolute Gasteiger partial charge is 0.305 e. The van der Waals surface area contributed by atoms with Crippen molar-refractivity contribution in [2.75, 3.05) is 46.2 Å². The van der Waals surface area contributed by atoms with E-state index in [4.69, 9.17) is 28.4 Å². The van der Waals surface area contributed by atoms with Gasteiger partial charge in [0.15, 0.2) is 6.29 Å². The van der Waals surface area contributed by atoms with E-state index in [1.807, 2.05) is 0 Å². The summed E-state index contributed by atoms with van der Waals surface area (Å²) in [5, 5.41) is 61.8. The van der Waals surface area contributed by atoms with Gasteiger partial charge in [0.25, 0.3) is 0 Å². The normalized spacial score (nSPS) is 20.2. The van der Waals surface area contributed by atoms with Gasteiger partial charge in [-0.25, -0.2) is 0 Å². The van der Waals surface area contributed by atoms with Crippen molar-refractivity contribution in [2.24, 2.45) is 0 Å². The second-order valence-corrected chi connectivity index (χ2v) is 18.6. The topological polar surface area (TPSA) is 211 Å². The number of carbonyl (C=O) groups is 2. The molecule has 8 atom stereocenters. The van der Waals surface area contributed by atoms with E-state index in [2.05, 4.69) is 13.8 Å². The van der Waals surface area contributed by atoms with E-state index in [1.165, 1.54) is 148 Å². The molecule has 14 heteroatoms. The second kappa shape index (κ2) is 43.8. The molecule has 1 aliphatic rings. The summed E-state index contributed by atoms with van der Waals surface area (Å²) in [5.74, 6) is -0.791. The molecule has 1 aliphatic heterocycles. The second-order valence-electron chi connectivity index (χ2n) is 18.6. The van der Waals surface area contributed by atoms with E-state index >= 15 is 0 Å². The average molecular weight is 935 g/mol. The van der Waals surface area contributed by atoms with Crippen LogP contribution in [-0.4, -0.2) is 138 Å². The van der Waals surface area contributed by atoms with Crippen molar-refractivity contribution in [3.63, 3.8) is 0 Å². The fourth-order valence-electron chi connectivity index (χ4n) is 8.01. The predicted molar refractivity (Wildman–Crippen MR) is 253 cm³/mol. The number of esters is 2. The van der Waals surface area contributed by atoms with Crippen LogP contribution in [0.4, 0.5) is 0 Å². The molecule has 0 aliphatic carbocycles. The average Bonchev–Trinajstić information content (AvgIpc) is 3.29. The standard InChI is InChI=1S/C51H98O14/c1-3-5-7-9-11-13-15-17-19-21-23-25-27-29-31-33-46(55)62-39-43(53)37-60-35-42(52)36-61-38-44(54)40-64-51-50(59)49(58)48(57)45(65-51)41-63-47(56)34-32-30-28-26-24-22-20-18-16-14-12-10-8-6-4-2/h42-45,48-54,57-59H,3-41H2,1-2H3/t42?,43?,44?,45-,48-,49+,50-,51+/m1/s1. The van der Waals surface area contributed by atoms with Gasteiger partial charge in [0.2, 0.25) is 0 Å². The summed E-state index contributed by atoms with van der Waals surface area (Å²) in [6.07, 6.45) is 27.0. The lowest BCUT2D eigenvalue weighted by Crippen LogP contribution is -2.59. The lowest BCUT2D eigenvalue weighted by Gasteiger charge is -2.40. The highest BCUT2D eigenvalue weighted by Gasteiger charge is 2.45. The Balaban J connectivity index is 2.06. The summed E-state index contributed by atoms with van der Waals surface area (Å²) in [4.78, 5) is 24.4. The lowest BCUT2D eigenvalue weighted by molar-refractivity contribution is -0.305. The van der Waals surface area contributed by atoms with E-state index in [0.29, 0.717) is 12.8 Å². The number of aliphatic hydroxyl groups is 6. The summed E-state index contributed by atoms with van der Waals surface area (Å²) in [5.41, 5.74) is 0. The third-order valence-corrected chi connectivity index (χ3v) is 12.2. The van der Waals surface area contributed by atoms with Crippen LogP contribution in [0.25, 0.3) is 0 Å². The number of rotatable bonds is 47. The maximum atomic E-state index is 12.4. The molecule has 65 heavy (non-hydrogen) atoms. The maximum Gasteiger partial charge on any atom is 0.305 e. The summed E-state index contributed by atoms with van der Waals surface area (Å²) < 4.78 is 32.2. The number of unbranched alkanes of at least 4 members (excludes halogenated alkanes) is 28. The molecule has 3 unspecified atom stereocenters. The highest BCUT2D eigenvalue weighted by Crippen LogP contribution is 2.23. The van der Waals surface area contributed by atoms with Crippen molar-refractivity contribution in [3.8, 4) is 0 Å². The molecule has 0 radical (unpaired) electrons. The molecular weight excluding hydrogens is 837 g/mol. The van der Waals surface area contributed by atoms with Crippen LogP contribution in [0.3, 0.4) is 0 Å². The first-order valence-corrected chi connectivity index (χ1v) is 26.4. The molecule has 0 bridgehead atoms. The van der Waals surface area contributed by atoms with Gasteiger partial charge in [-0.2, -0.15) is 0 Å². The Morgan fingerprint density at radius 1 is 0.415 bits per heavy atom. The predicted octanol–water partition coefficient (Wildman–Crippen LogP) is 8.54. The van der Waals surface area contributed by atoms with Gasteiger partial charge in [0.05, 0.1) is 33.0 Å². The van der Waals surface area contributed by atoms with E-state index in [1.54, 1.807) is 0 Å². The van der Waals surface area contributed by atoms with Crippen LogP contribution in [0, 0.1) is 0 Å². The fourth-order valence-corrected chi connectivity index (χ4v) is 8.01. The summed E-state index contributed by atoms with van der Waals surface area (Å²) >= 11 is 0. The minimum atomic E-state index is -1.63. The van der Waals surface area contributed by atoms with Crippen molar-refractivity contribution in [2.45, 2.75) is 268 Å². The number of aliphatic hydroxyl groups excluding tert-OH is 6. The minimum Gasteiger partial charge on any atom is -0.463 e. The Morgan fingerprint density at radius 3 is 1.12 bits per heavy atom. The molecular formula is C51H98O14. The van der Waals surface area contributed by atoms with Gasteiger partial charge in [-0.1, -0.05) is 194 Å². The van der Waals surface area contributed by atoms with Crippen LogP contribution in [0.1, 0.15) is 219 Å². The van der Waals surface area contributed by atoms with Gasteiger partial charge in [-0.15, -0.1) is 0 Å². The number of hydrogen-bond donors (Lipinski definition) is 6. The summed E-state index contributed by atoms with van der Waals surface area (Å²) in [6.45, 7) is 2.85. The molecule has 1 saturated heterocycles. The summed E-state index contributed by atoms with van der Waals surface area (Å²) in [7, 11) is 0. The van der Waals surface area contributed by atoms with Crippen LogP contribution in [0.15, 0.2) is 0 Å². The Hall–Kier alpha value is -1.46. The van der Waals surface area contributed by atoms with Gasteiger partial charge in [-0.3, -0.25) is 9.59 Å². The van der Waals surface area contributed by atoms with Crippen molar-refractivity contribution in [1.82, 2.24) is 0 Å². The molecule has 0 aromatic rings. The monoisotopic (exact) mass is 935 g/mol. The zero-order valence-corrected chi connectivity index (χ0v) is 41.1. The molecule has 0 aromatic carbocycles. The molecule has 386 valence electrons. The van der Waals surface area contributed by atoms with Crippen LogP contribution >= 0.6 is 0 Å². The third-order valence-electron chi connectivity index (χ3n) is 12.2. The zero-order chi connectivity index (χ0) is 47.6. The van der Waals surface area contributed by atoms with Crippen LogP contribution in [-0.2, 0) is 38.0 Å². The Kier molecular flexibility index (Phi) is 41.5. The minimum absolute atomic E-state index is 0.149. The van der Waals surface area contributed by atoms with E-state index in [9.17, 15) is 40.2 Å². The van der Waals surface area contributed by atoms with Gasteiger partial charge >= 0.3 is 11.9 Å². The summed E-state index contributed by atoms with van der Waals surface area (Å²) in [6, 6.07) is 0. The molecule has 6 N–H and O–H groups in total. The lowest BCUT2D eigenvalue weighted by atomic mass is 9.99. The molecule has 14 nitrogen and oxygen atoms in total. The fraction of sp³-hybridized carbons (Fsp3) is 0.961. The quantitative estimate of drug-likeness (QED) is 0.0250. The van der Waals surface area contributed by atoms with E-state index in [0.717, 1.165) is 38.5 Å². The first-order chi connectivity index (χ1) is 31.6. The van der Waals surface area contributed by atoms with Gasteiger partial charge in [-0.05, 0) is 12.8 Å². The first-order valence-electron chi connectivity index (χ1n) is 26.4. The zero-order valence-electron chi connectivity index (χ0n) is 41.1. The largest absolute Gasteiger partial charge is 0.463 e. The maximum absolute atomic E-state index is 12.4. The van der Waals surface area contributed by atoms with E-state index in [-0.39, 0.29) is 58.6 Å². The molecule has 0 amide bonds. The molecule has 1 rings (SSSR count). The van der Waals surface area contributed by atoms with Gasteiger partial charge in [0.1, 0.15) is 55.9 Å². The van der Waals surface area contributed by atoms with Crippen LogP contribution < -0.4 is 0 Å². The number of ether oxygens (including phenoxy) is 6. The Morgan fingerprint density at radius 2 is 0.738 bits per heavy atom. The van der Waals surface area contributed by atoms with Gasteiger partial charge in [0, 0.05) is 12.8 Å². The van der Waals surface area contributed by atoms with E-state index < -0.39 is 55.0 Å². The highest BCUT2D eigenvalue weighted by atomic mass is 16.7. The Labute approximate surface area is 394 Å². The van der Waals surface area contributed by atoms with Crippen molar-refractivity contribution >= 4 is 11.9 Å². The molecule has 1 heterocycles. The highest BCUT2D eigenvalue weighted by molar-refractivity contribution is 5.69. The SMILES string of the molecule is CCCCCCCCCCCCCCCCCC(=O)OCC(O)COCC(O)COCC(O)CO[C@H]1O[C@H](COC(=O)CCCCCCCCCCCCCCCCC)[C@@H](O)[C@H](O)[C@H]1O. The van der Waals surface area contributed by atoms with Crippen LogP contribution in [0.5, 0.6) is 0 Å². The molecule has 0 saturated carbocycles. The first kappa shape index (κ1) is 61.6. The number of hydrogen-bond acceptors (Lipinski definition) is 14. The van der Waals surface area contributed by atoms with Crippen molar-refractivity contribution < 1.29 is 68.6 Å². The molecule has 1 fully saturated rings. The molecule has 0 aromatic heterocycles. The van der Waals surface area contributed by atoms with Crippen molar-refractivity contribution in [1.29, 1.82) is 0 Å². The van der Waals surface area contributed by atoms with Crippen LogP contribution in [0.2, 0.25) is 0 Å². The van der Waals surface area contributed by atoms with Crippen molar-refractivity contribution in [3.05, 3.63) is 0 Å². The third kappa shape index (κ3) is 36.2. The molecule has 0 spiro atoms. The Bertz CT molecular complexity index is 1070. The van der Waals surface area contributed by atoms with Gasteiger partial charge < -0.3 is 59.1 Å².